The summed E-state index contributed by atoms with van der Waals surface area (Å²) in [5.74, 6) is -0.429. The summed E-state index contributed by atoms with van der Waals surface area (Å²) in [7, 11) is -3.62. The quantitative estimate of drug-likeness (QED) is 0.601. The number of benzene rings is 1. The van der Waals surface area contributed by atoms with Gasteiger partial charge in [-0.25, -0.2) is 0 Å². The van der Waals surface area contributed by atoms with E-state index in [2.05, 4.69) is 0 Å². The van der Waals surface area contributed by atoms with Crippen LogP contribution in [0.1, 0.15) is 5.56 Å². The number of hydrogen-bond donors (Lipinski definition) is 0. The van der Waals surface area contributed by atoms with Crippen molar-refractivity contribution in [1.82, 2.24) is 3.97 Å². The summed E-state index contributed by atoms with van der Waals surface area (Å²) in [6.07, 6.45) is 5.77. The Kier molecular flexibility index (Phi) is 4.75. The molecule has 2 rings (SSSR count). The average molecular weight is 367 g/mol. The molecule has 0 saturated carbocycles. The van der Waals surface area contributed by atoms with Crippen molar-refractivity contribution in [2.45, 2.75) is 4.90 Å². The molecule has 5 nitrogen and oxygen atoms in total. The van der Waals surface area contributed by atoms with Gasteiger partial charge in [0.1, 0.15) is 0 Å². The van der Waals surface area contributed by atoms with Gasteiger partial charge in [0.15, 0.2) is 0 Å². The maximum atomic E-state index is 12.5. The van der Waals surface area contributed by atoms with E-state index in [-0.39, 0.29) is 4.90 Å². The number of carbonyl (C=O) groups is 1. The molecule has 0 fully saturated rings. The Hall–Kier alpha value is -1.91. The Morgan fingerprint density at radius 1 is 1.08 bits per heavy atom. The molecular formula is C17H22NO4PS. The number of aromatic nitrogens is 1. The van der Waals surface area contributed by atoms with Gasteiger partial charge in [0.25, 0.3) is 0 Å². The second-order valence-electron chi connectivity index (χ2n) is 7.25. The van der Waals surface area contributed by atoms with E-state index in [1.807, 2.05) is 26.7 Å². The molecule has 1 heterocycles. The first-order chi connectivity index (χ1) is 10.9. The summed E-state index contributed by atoms with van der Waals surface area (Å²) >= 11 is 0. The fourth-order valence-electron chi connectivity index (χ4n) is 1.91. The van der Waals surface area contributed by atoms with Gasteiger partial charge in [-0.3, -0.25) is 0 Å². The third-order valence-electron chi connectivity index (χ3n) is 2.88. The molecule has 0 spiro atoms. The van der Waals surface area contributed by atoms with Crippen LogP contribution in [0, 0.1) is 0 Å². The SMILES string of the molecule is CP(C)(C)(C)OC(=O)/C=C/c1ccn(S(=O)(=O)c2ccccc2)c1. The molecule has 1 aromatic heterocycles. The molecular weight excluding hydrogens is 345 g/mol. The molecule has 24 heavy (non-hydrogen) atoms. The normalized spacial score (nSPS) is 14.2. The molecule has 0 atom stereocenters. The molecule has 0 aliphatic carbocycles. The molecule has 0 aliphatic heterocycles. The fourth-order valence-corrected chi connectivity index (χ4v) is 3.92. The molecule has 1 aromatic carbocycles. The van der Waals surface area contributed by atoms with Crippen LogP contribution in [0.3, 0.4) is 0 Å². The van der Waals surface area contributed by atoms with Crippen LogP contribution in [-0.4, -0.2) is 45.0 Å². The topological polar surface area (TPSA) is 65.4 Å². The van der Waals surface area contributed by atoms with Crippen molar-refractivity contribution >= 4 is 28.9 Å². The standard InChI is InChI=1S/C17H22NO4PS/c1-23(2,3,4)22-17(19)11-10-15-12-13-18(14-15)24(20,21)16-8-6-5-7-9-16/h5-14H,1-4H3/b11-10+. The van der Waals surface area contributed by atoms with Crippen LogP contribution in [0.5, 0.6) is 0 Å². The second kappa shape index (κ2) is 6.19. The van der Waals surface area contributed by atoms with E-state index < -0.39 is 22.8 Å². The van der Waals surface area contributed by atoms with Crippen molar-refractivity contribution in [3.8, 4) is 0 Å². The van der Waals surface area contributed by atoms with Crippen molar-refractivity contribution in [2.24, 2.45) is 0 Å². The molecule has 0 saturated heterocycles. The van der Waals surface area contributed by atoms with Crippen molar-refractivity contribution in [3.63, 3.8) is 0 Å². The number of hydrogen-bond acceptors (Lipinski definition) is 4. The zero-order valence-electron chi connectivity index (χ0n) is 14.2. The third-order valence-corrected chi connectivity index (χ3v) is 5.44. The van der Waals surface area contributed by atoms with Crippen LogP contribution in [-0.2, 0) is 19.3 Å². The summed E-state index contributed by atoms with van der Waals surface area (Å²) in [5, 5.41) is 0. The number of carbonyl (C=O) groups excluding carboxylic acids is 1. The minimum atomic E-state index is -3.62. The van der Waals surface area contributed by atoms with Crippen LogP contribution in [0.15, 0.2) is 59.8 Å². The predicted molar refractivity (Wildman–Crippen MR) is 99.2 cm³/mol. The Morgan fingerprint density at radius 2 is 1.71 bits per heavy atom. The predicted octanol–water partition coefficient (Wildman–Crippen LogP) is 3.27. The Morgan fingerprint density at radius 3 is 2.29 bits per heavy atom. The second-order valence-corrected chi connectivity index (χ2v) is 16.1. The van der Waals surface area contributed by atoms with Crippen LogP contribution >= 0.6 is 6.83 Å². The third kappa shape index (κ3) is 5.05. The van der Waals surface area contributed by atoms with E-state index >= 15 is 0 Å². The number of rotatable bonds is 5. The molecule has 0 unspecified atom stereocenters. The summed E-state index contributed by atoms with van der Waals surface area (Å²) in [4.78, 5) is 12.1. The molecule has 0 aliphatic rings. The monoisotopic (exact) mass is 367 g/mol. The van der Waals surface area contributed by atoms with Crippen molar-refractivity contribution in [1.29, 1.82) is 0 Å². The molecule has 0 amide bonds. The number of nitrogens with zero attached hydrogens (tertiary/aromatic N) is 1. The maximum absolute atomic E-state index is 12.5. The van der Waals surface area contributed by atoms with E-state index in [4.69, 9.17) is 4.52 Å². The molecule has 0 radical (unpaired) electrons. The summed E-state index contributed by atoms with van der Waals surface area (Å²) in [6.45, 7) is 5.33. The molecule has 7 heteroatoms. The van der Waals surface area contributed by atoms with Gasteiger partial charge in [0.05, 0.1) is 0 Å². The first-order valence-electron chi connectivity index (χ1n) is 7.35. The van der Waals surface area contributed by atoms with Crippen molar-refractivity contribution in [2.75, 3.05) is 26.7 Å². The summed E-state index contributed by atoms with van der Waals surface area (Å²) < 4.78 is 31.5. The molecule has 0 N–H and O–H groups in total. The van der Waals surface area contributed by atoms with Crippen LogP contribution in [0.25, 0.3) is 6.08 Å². The Balaban J connectivity index is 2.17. The fraction of sp³-hybridized carbons (Fsp3) is 0.235. The van der Waals surface area contributed by atoms with Gasteiger partial charge in [-0.2, -0.15) is 0 Å². The van der Waals surface area contributed by atoms with E-state index in [1.54, 1.807) is 30.3 Å². The van der Waals surface area contributed by atoms with Gasteiger partial charge in [-0.15, -0.1) is 0 Å². The van der Waals surface area contributed by atoms with Crippen LogP contribution in [0.2, 0.25) is 0 Å². The Labute approximate surface area is 143 Å². The van der Waals surface area contributed by atoms with Gasteiger partial charge in [-0.1, -0.05) is 0 Å². The van der Waals surface area contributed by atoms with Crippen molar-refractivity contribution < 1.29 is 17.7 Å². The molecule has 2 aromatic rings. The van der Waals surface area contributed by atoms with Gasteiger partial charge in [-0.05, 0) is 0 Å². The molecule has 130 valence electrons. The first kappa shape index (κ1) is 18.4. The van der Waals surface area contributed by atoms with Crippen molar-refractivity contribution in [3.05, 3.63) is 60.4 Å². The van der Waals surface area contributed by atoms with Gasteiger partial charge >= 0.3 is 143 Å². The zero-order valence-corrected chi connectivity index (χ0v) is 15.9. The van der Waals surface area contributed by atoms with E-state index in [0.717, 1.165) is 3.97 Å². The first-order valence-corrected chi connectivity index (χ1v) is 12.7. The Bertz CT molecular complexity index is 865. The van der Waals surface area contributed by atoms with Gasteiger partial charge < -0.3 is 0 Å². The summed E-state index contributed by atoms with van der Waals surface area (Å²) in [6, 6.07) is 9.80. The zero-order chi connectivity index (χ0) is 18.0. The van der Waals surface area contributed by atoms with Crippen LogP contribution < -0.4 is 0 Å². The minimum absolute atomic E-state index is 0.210. The summed E-state index contributed by atoms with van der Waals surface area (Å²) in [5.41, 5.74) is 0.603. The van der Waals surface area contributed by atoms with Crippen LogP contribution in [0.4, 0.5) is 0 Å². The van der Waals surface area contributed by atoms with E-state index in [9.17, 15) is 13.2 Å². The molecule has 0 bridgehead atoms. The average Bonchev–Trinajstić information content (AvgIpc) is 2.93. The van der Waals surface area contributed by atoms with E-state index in [1.165, 1.54) is 30.6 Å². The van der Waals surface area contributed by atoms with Gasteiger partial charge in [0, 0.05) is 0 Å². The van der Waals surface area contributed by atoms with E-state index in [0.29, 0.717) is 5.56 Å². The van der Waals surface area contributed by atoms with Gasteiger partial charge in [0.2, 0.25) is 0 Å².